The molecule has 0 saturated heterocycles. The average Bonchev–Trinajstić information content (AvgIpc) is 2.59. The van der Waals surface area contributed by atoms with E-state index in [9.17, 15) is 22.0 Å². The van der Waals surface area contributed by atoms with Gasteiger partial charge in [-0.2, -0.15) is 8.78 Å². The summed E-state index contributed by atoms with van der Waals surface area (Å²) in [5.74, 6) is -0.954. The zero-order valence-corrected chi connectivity index (χ0v) is 15.8. The first-order valence-electron chi connectivity index (χ1n) is 7.40. The number of ether oxygens (including phenoxy) is 3. The van der Waals surface area contributed by atoms with Crippen molar-refractivity contribution in [1.29, 1.82) is 0 Å². The quantitative estimate of drug-likeness (QED) is 0.635. The van der Waals surface area contributed by atoms with Gasteiger partial charge in [-0.25, -0.2) is 13.2 Å². The van der Waals surface area contributed by atoms with E-state index in [2.05, 4.69) is 4.74 Å². The van der Waals surface area contributed by atoms with Crippen LogP contribution in [0.4, 0.5) is 8.78 Å². The van der Waals surface area contributed by atoms with Crippen molar-refractivity contribution in [2.45, 2.75) is 18.1 Å². The first-order chi connectivity index (χ1) is 12.6. The third kappa shape index (κ3) is 5.54. The highest BCUT2D eigenvalue weighted by Crippen LogP contribution is 2.30. The van der Waals surface area contributed by atoms with Gasteiger partial charge in [0.25, 0.3) is 0 Å². The summed E-state index contributed by atoms with van der Waals surface area (Å²) in [6.07, 6.45) is 1.00. The summed E-state index contributed by atoms with van der Waals surface area (Å²) in [6, 6.07) is 7.74. The van der Waals surface area contributed by atoms with Gasteiger partial charge in [0.05, 0.1) is 22.6 Å². The second-order valence-corrected chi connectivity index (χ2v) is 7.78. The van der Waals surface area contributed by atoms with Gasteiger partial charge in [-0.1, -0.05) is 17.7 Å². The molecule has 0 aromatic heterocycles. The zero-order valence-electron chi connectivity index (χ0n) is 14.2. The van der Waals surface area contributed by atoms with Crippen LogP contribution in [0, 0.1) is 0 Å². The highest BCUT2D eigenvalue weighted by atomic mass is 35.5. The summed E-state index contributed by atoms with van der Waals surface area (Å²) in [4.78, 5) is 12.2. The van der Waals surface area contributed by atoms with Crippen LogP contribution in [0.3, 0.4) is 0 Å². The Bertz CT molecular complexity index is 946. The van der Waals surface area contributed by atoms with E-state index >= 15 is 0 Å². The van der Waals surface area contributed by atoms with Gasteiger partial charge in [0.2, 0.25) is 0 Å². The maximum atomic E-state index is 12.3. The first-order valence-corrected chi connectivity index (χ1v) is 9.67. The Kier molecular flexibility index (Phi) is 6.61. The molecule has 2 aromatic carbocycles. The lowest BCUT2D eigenvalue weighted by atomic mass is 10.2. The average molecular weight is 421 g/mol. The largest absolute Gasteiger partial charge is 0.493 e. The first kappa shape index (κ1) is 20.9. The van der Waals surface area contributed by atoms with Gasteiger partial charge in [0.1, 0.15) is 6.61 Å². The number of rotatable bonds is 7. The molecule has 0 amide bonds. The predicted octanol–water partition coefficient (Wildman–Crippen LogP) is 3.71. The van der Waals surface area contributed by atoms with Crippen molar-refractivity contribution in [3.05, 3.63) is 52.5 Å². The fraction of sp³-hybridized carbons (Fsp3) is 0.235. The second kappa shape index (κ2) is 8.53. The minimum Gasteiger partial charge on any atom is -0.493 e. The molecule has 0 radical (unpaired) electrons. The Labute approximate surface area is 159 Å². The van der Waals surface area contributed by atoms with Crippen LogP contribution < -0.4 is 9.47 Å². The van der Waals surface area contributed by atoms with Gasteiger partial charge in [0.15, 0.2) is 21.3 Å². The Hall–Kier alpha value is -2.39. The standard InChI is InChI=1S/C17H15ClF2O6S/c1-24-15-7-10(3-6-14(15)26-17(19)20)9-25-16(21)12-8-11(27(2,22)23)4-5-13(12)18/h3-8,17H,9H2,1-2H3. The fourth-order valence-corrected chi connectivity index (χ4v) is 2.96. The molecule has 10 heteroatoms. The summed E-state index contributed by atoms with van der Waals surface area (Å²) in [6.45, 7) is -3.23. The van der Waals surface area contributed by atoms with Gasteiger partial charge in [0, 0.05) is 6.26 Å². The van der Waals surface area contributed by atoms with E-state index in [1.807, 2.05) is 0 Å². The van der Waals surface area contributed by atoms with Crippen molar-refractivity contribution in [2.24, 2.45) is 0 Å². The summed E-state index contributed by atoms with van der Waals surface area (Å²) in [5, 5.41) is 0.0330. The number of methoxy groups -OCH3 is 1. The molecule has 146 valence electrons. The Morgan fingerprint density at radius 3 is 2.44 bits per heavy atom. The molecule has 0 aliphatic heterocycles. The molecule has 0 aliphatic rings. The van der Waals surface area contributed by atoms with Crippen molar-refractivity contribution in [2.75, 3.05) is 13.4 Å². The Morgan fingerprint density at radius 2 is 1.85 bits per heavy atom. The van der Waals surface area contributed by atoms with Crippen LogP contribution in [0.1, 0.15) is 15.9 Å². The van der Waals surface area contributed by atoms with Crippen molar-refractivity contribution < 1.29 is 36.2 Å². The van der Waals surface area contributed by atoms with E-state index in [1.54, 1.807) is 0 Å². The molecular formula is C17H15ClF2O6S. The van der Waals surface area contributed by atoms with E-state index < -0.39 is 22.4 Å². The molecule has 0 atom stereocenters. The summed E-state index contributed by atoms with van der Waals surface area (Å²) < 4.78 is 62.3. The van der Waals surface area contributed by atoms with Crippen LogP contribution in [0.15, 0.2) is 41.3 Å². The number of benzene rings is 2. The highest BCUT2D eigenvalue weighted by Gasteiger charge is 2.17. The van der Waals surface area contributed by atoms with Gasteiger partial charge in [-0.3, -0.25) is 0 Å². The third-order valence-electron chi connectivity index (χ3n) is 3.40. The van der Waals surface area contributed by atoms with E-state index in [0.29, 0.717) is 5.56 Å². The van der Waals surface area contributed by atoms with Crippen molar-refractivity contribution in [3.8, 4) is 11.5 Å². The highest BCUT2D eigenvalue weighted by molar-refractivity contribution is 7.90. The van der Waals surface area contributed by atoms with Gasteiger partial charge < -0.3 is 14.2 Å². The molecule has 27 heavy (non-hydrogen) atoms. The number of esters is 1. The van der Waals surface area contributed by atoms with Crippen LogP contribution in [0.25, 0.3) is 0 Å². The number of carbonyl (C=O) groups is 1. The molecule has 6 nitrogen and oxygen atoms in total. The van der Waals surface area contributed by atoms with Gasteiger partial charge in [-0.15, -0.1) is 0 Å². The Balaban J connectivity index is 2.16. The van der Waals surface area contributed by atoms with Crippen molar-refractivity contribution in [3.63, 3.8) is 0 Å². The van der Waals surface area contributed by atoms with Crippen LogP contribution in [0.5, 0.6) is 11.5 Å². The number of halogens is 3. The second-order valence-electron chi connectivity index (χ2n) is 5.35. The monoisotopic (exact) mass is 420 g/mol. The lowest BCUT2D eigenvalue weighted by Crippen LogP contribution is -2.08. The zero-order chi connectivity index (χ0) is 20.2. The SMILES string of the molecule is COc1cc(COC(=O)c2cc(S(C)(=O)=O)ccc2Cl)ccc1OC(F)F. The molecular weight excluding hydrogens is 406 g/mol. The third-order valence-corrected chi connectivity index (χ3v) is 4.84. The molecule has 2 rings (SSSR count). The maximum Gasteiger partial charge on any atom is 0.387 e. The van der Waals surface area contributed by atoms with Gasteiger partial charge >= 0.3 is 12.6 Å². The molecule has 0 unspecified atom stereocenters. The minimum atomic E-state index is -3.52. The molecule has 0 bridgehead atoms. The van der Waals surface area contributed by atoms with E-state index in [4.69, 9.17) is 21.1 Å². The Morgan fingerprint density at radius 1 is 1.15 bits per heavy atom. The molecule has 0 saturated carbocycles. The smallest absolute Gasteiger partial charge is 0.387 e. The number of hydrogen-bond donors (Lipinski definition) is 0. The molecule has 0 fully saturated rings. The van der Waals surface area contributed by atoms with E-state index in [1.165, 1.54) is 37.4 Å². The van der Waals surface area contributed by atoms with Crippen LogP contribution in [-0.2, 0) is 21.2 Å². The lowest BCUT2D eigenvalue weighted by molar-refractivity contribution is -0.0512. The van der Waals surface area contributed by atoms with E-state index in [0.717, 1.165) is 12.3 Å². The summed E-state index contributed by atoms with van der Waals surface area (Å²) in [5.41, 5.74) is 0.335. The number of alkyl halides is 2. The molecule has 0 heterocycles. The summed E-state index contributed by atoms with van der Waals surface area (Å²) in [7, 11) is -2.25. The number of sulfone groups is 1. The number of carbonyl (C=O) groups excluding carboxylic acids is 1. The van der Waals surface area contributed by atoms with Crippen LogP contribution >= 0.6 is 11.6 Å². The molecule has 0 spiro atoms. The van der Waals surface area contributed by atoms with E-state index in [-0.39, 0.29) is 33.6 Å². The van der Waals surface area contributed by atoms with Gasteiger partial charge in [-0.05, 0) is 35.9 Å². The topological polar surface area (TPSA) is 78.9 Å². The predicted molar refractivity (Wildman–Crippen MR) is 93.3 cm³/mol. The normalized spacial score (nSPS) is 11.3. The molecule has 0 aliphatic carbocycles. The fourth-order valence-electron chi connectivity index (χ4n) is 2.11. The molecule has 2 aromatic rings. The van der Waals surface area contributed by atoms with Crippen LogP contribution in [-0.4, -0.2) is 34.4 Å². The van der Waals surface area contributed by atoms with Crippen molar-refractivity contribution >= 4 is 27.4 Å². The summed E-state index contributed by atoms with van der Waals surface area (Å²) >= 11 is 5.94. The van der Waals surface area contributed by atoms with Crippen LogP contribution in [0.2, 0.25) is 5.02 Å². The minimum absolute atomic E-state index is 0.0330. The molecule has 0 N–H and O–H groups in total. The van der Waals surface area contributed by atoms with Crippen molar-refractivity contribution in [1.82, 2.24) is 0 Å². The number of hydrogen-bond acceptors (Lipinski definition) is 6. The lowest BCUT2D eigenvalue weighted by Gasteiger charge is -2.12. The maximum absolute atomic E-state index is 12.3.